The summed E-state index contributed by atoms with van der Waals surface area (Å²) in [6.45, 7) is -0.0887. The van der Waals surface area contributed by atoms with Gasteiger partial charge in [0.25, 0.3) is 0 Å². The second kappa shape index (κ2) is 6.67. The van der Waals surface area contributed by atoms with Gasteiger partial charge in [-0.2, -0.15) is 0 Å². The molecular weight excluding hydrogens is 274 g/mol. The average molecular weight is 289 g/mol. The maximum absolute atomic E-state index is 10.9. The second-order valence-corrected chi connectivity index (χ2v) is 4.18. The van der Waals surface area contributed by atoms with Crippen LogP contribution in [-0.2, 0) is 6.54 Å². The Bertz CT molecular complexity index is 664. The van der Waals surface area contributed by atoms with Crippen LogP contribution in [0, 0.1) is 10.1 Å². The fourth-order valence-corrected chi connectivity index (χ4v) is 1.96. The molecule has 0 bridgehead atoms. The van der Waals surface area contributed by atoms with Crippen LogP contribution >= 0.6 is 0 Å². The first-order chi connectivity index (χ1) is 10.2. The zero-order valence-corrected chi connectivity index (χ0v) is 11.5. The predicted octanol–water partition coefficient (Wildman–Crippen LogP) is 1.96. The first kappa shape index (κ1) is 14.7. The zero-order valence-electron chi connectivity index (χ0n) is 11.5. The van der Waals surface area contributed by atoms with Crippen molar-refractivity contribution in [3.05, 3.63) is 52.0 Å². The minimum atomic E-state index is -0.525. The van der Waals surface area contributed by atoms with E-state index in [1.165, 1.54) is 10.8 Å². The molecule has 0 aliphatic rings. The number of para-hydroxylation sites is 1. The number of imidazole rings is 1. The highest BCUT2D eigenvalue weighted by atomic mass is 16.6. The largest absolute Gasteiger partial charge is 0.496 e. The van der Waals surface area contributed by atoms with Crippen LogP contribution in [-0.4, -0.2) is 33.3 Å². The van der Waals surface area contributed by atoms with Gasteiger partial charge >= 0.3 is 5.82 Å². The molecule has 1 aromatic carbocycles. The zero-order chi connectivity index (χ0) is 15.2. The van der Waals surface area contributed by atoms with Gasteiger partial charge in [-0.1, -0.05) is 18.2 Å². The monoisotopic (exact) mass is 289 g/mol. The van der Waals surface area contributed by atoms with Gasteiger partial charge in [0.2, 0.25) is 5.82 Å². The number of aliphatic hydroxyl groups excluding tert-OH is 1. The molecule has 0 saturated carbocycles. The lowest BCUT2D eigenvalue weighted by molar-refractivity contribution is -0.392. The third-order valence-corrected chi connectivity index (χ3v) is 2.93. The standard InChI is InChI=1S/C14H15N3O4/c1-21-12-5-3-2-4-11(12)6-7-13-15-10-14(17(19)20)16(13)8-9-18/h2-7,10,18H,8-9H2,1H3/b7-6-. The first-order valence-corrected chi connectivity index (χ1v) is 6.29. The van der Waals surface area contributed by atoms with E-state index in [1.54, 1.807) is 19.3 Å². The fourth-order valence-electron chi connectivity index (χ4n) is 1.96. The Hall–Kier alpha value is -2.67. The van der Waals surface area contributed by atoms with Gasteiger partial charge in [0, 0.05) is 11.6 Å². The van der Waals surface area contributed by atoms with E-state index in [0.29, 0.717) is 11.6 Å². The molecule has 0 atom stereocenters. The highest BCUT2D eigenvalue weighted by Crippen LogP contribution is 2.21. The van der Waals surface area contributed by atoms with E-state index in [0.717, 1.165) is 5.56 Å². The summed E-state index contributed by atoms with van der Waals surface area (Å²) in [6.07, 6.45) is 4.59. The van der Waals surface area contributed by atoms with Crippen LogP contribution in [0.15, 0.2) is 30.5 Å². The molecule has 110 valence electrons. The normalized spacial score (nSPS) is 11.0. The summed E-state index contributed by atoms with van der Waals surface area (Å²) < 4.78 is 6.58. The lowest BCUT2D eigenvalue weighted by atomic mass is 10.2. The fraction of sp³-hybridized carbons (Fsp3) is 0.214. The molecule has 0 saturated heterocycles. The summed E-state index contributed by atoms with van der Waals surface area (Å²) in [5.41, 5.74) is 0.834. The van der Waals surface area contributed by atoms with E-state index in [2.05, 4.69) is 4.98 Å². The molecule has 0 aliphatic carbocycles. The molecule has 1 heterocycles. The molecule has 0 amide bonds. The molecule has 0 radical (unpaired) electrons. The average Bonchev–Trinajstić information content (AvgIpc) is 2.89. The van der Waals surface area contributed by atoms with Crippen LogP contribution in [0.3, 0.4) is 0 Å². The van der Waals surface area contributed by atoms with Gasteiger partial charge in [-0.3, -0.25) is 0 Å². The topological polar surface area (TPSA) is 90.4 Å². The summed E-state index contributed by atoms with van der Waals surface area (Å²) >= 11 is 0. The summed E-state index contributed by atoms with van der Waals surface area (Å²) in [7, 11) is 1.57. The number of aliphatic hydroxyl groups is 1. The molecule has 0 aliphatic heterocycles. The number of methoxy groups -OCH3 is 1. The van der Waals surface area contributed by atoms with Crippen molar-refractivity contribution in [2.24, 2.45) is 0 Å². The number of ether oxygens (including phenoxy) is 1. The Labute approximate surface area is 121 Å². The van der Waals surface area contributed by atoms with Gasteiger partial charge in [-0.25, -0.2) is 9.55 Å². The van der Waals surface area contributed by atoms with Gasteiger partial charge in [0.15, 0.2) is 0 Å². The van der Waals surface area contributed by atoms with E-state index in [4.69, 9.17) is 9.84 Å². The minimum Gasteiger partial charge on any atom is -0.496 e. The number of hydrogen-bond donors (Lipinski definition) is 1. The van der Waals surface area contributed by atoms with Gasteiger partial charge in [-0.05, 0) is 17.1 Å². The van der Waals surface area contributed by atoms with Crippen molar-refractivity contribution in [3.8, 4) is 5.75 Å². The van der Waals surface area contributed by atoms with Crippen molar-refractivity contribution >= 4 is 18.0 Å². The Balaban J connectivity index is 2.34. The smallest absolute Gasteiger partial charge is 0.343 e. The van der Waals surface area contributed by atoms with Gasteiger partial charge in [0.1, 0.15) is 18.5 Å². The lowest BCUT2D eigenvalue weighted by Crippen LogP contribution is -2.07. The van der Waals surface area contributed by atoms with Crippen molar-refractivity contribution in [1.82, 2.24) is 9.55 Å². The molecule has 2 rings (SSSR count). The second-order valence-electron chi connectivity index (χ2n) is 4.18. The Morgan fingerprint density at radius 1 is 1.43 bits per heavy atom. The molecule has 1 aromatic heterocycles. The molecule has 1 N–H and O–H groups in total. The highest BCUT2D eigenvalue weighted by molar-refractivity contribution is 5.70. The third-order valence-electron chi connectivity index (χ3n) is 2.93. The maximum Gasteiger partial charge on any atom is 0.343 e. The molecule has 0 unspecified atom stereocenters. The van der Waals surface area contributed by atoms with E-state index in [9.17, 15) is 10.1 Å². The Morgan fingerprint density at radius 2 is 2.19 bits per heavy atom. The molecule has 7 nitrogen and oxygen atoms in total. The van der Waals surface area contributed by atoms with E-state index < -0.39 is 4.92 Å². The van der Waals surface area contributed by atoms with Crippen LogP contribution in [0.2, 0.25) is 0 Å². The van der Waals surface area contributed by atoms with Crippen LogP contribution in [0.5, 0.6) is 5.75 Å². The molecule has 21 heavy (non-hydrogen) atoms. The summed E-state index contributed by atoms with van der Waals surface area (Å²) in [6, 6.07) is 7.41. The number of rotatable bonds is 6. The van der Waals surface area contributed by atoms with Crippen molar-refractivity contribution in [2.45, 2.75) is 6.54 Å². The van der Waals surface area contributed by atoms with Crippen LogP contribution < -0.4 is 4.74 Å². The van der Waals surface area contributed by atoms with Crippen molar-refractivity contribution < 1.29 is 14.8 Å². The minimum absolute atomic E-state index is 0.113. The van der Waals surface area contributed by atoms with Gasteiger partial charge < -0.3 is 20.0 Å². The van der Waals surface area contributed by atoms with Gasteiger partial charge in [-0.15, -0.1) is 0 Å². The molecule has 2 aromatic rings. The van der Waals surface area contributed by atoms with E-state index in [1.807, 2.05) is 24.3 Å². The lowest BCUT2D eigenvalue weighted by Gasteiger charge is -2.03. The van der Waals surface area contributed by atoms with E-state index >= 15 is 0 Å². The van der Waals surface area contributed by atoms with Crippen molar-refractivity contribution in [3.63, 3.8) is 0 Å². The predicted molar refractivity (Wildman–Crippen MR) is 77.9 cm³/mol. The number of nitro groups is 1. The first-order valence-electron chi connectivity index (χ1n) is 6.29. The SMILES string of the molecule is COc1ccccc1/C=C\c1ncc([N+](=O)[O-])n1CCO. The third kappa shape index (κ3) is 3.26. The summed E-state index contributed by atoms with van der Waals surface area (Å²) in [5.74, 6) is 0.953. The van der Waals surface area contributed by atoms with Crippen LogP contribution in [0.1, 0.15) is 11.4 Å². The van der Waals surface area contributed by atoms with Crippen molar-refractivity contribution in [2.75, 3.05) is 13.7 Å². The van der Waals surface area contributed by atoms with E-state index in [-0.39, 0.29) is 19.0 Å². The van der Waals surface area contributed by atoms with Crippen LogP contribution in [0.25, 0.3) is 12.2 Å². The Kier molecular flexibility index (Phi) is 4.68. The molecule has 0 spiro atoms. The Morgan fingerprint density at radius 3 is 2.86 bits per heavy atom. The quantitative estimate of drug-likeness (QED) is 0.648. The molecular formula is C14H15N3O4. The molecule has 7 heteroatoms. The molecule has 0 fully saturated rings. The highest BCUT2D eigenvalue weighted by Gasteiger charge is 2.17. The van der Waals surface area contributed by atoms with Crippen LogP contribution in [0.4, 0.5) is 5.82 Å². The van der Waals surface area contributed by atoms with Crippen molar-refractivity contribution in [1.29, 1.82) is 0 Å². The maximum atomic E-state index is 10.9. The van der Waals surface area contributed by atoms with Gasteiger partial charge in [0.05, 0.1) is 13.7 Å². The summed E-state index contributed by atoms with van der Waals surface area (Å²) in [4.78, 5) is 14.4. The summed E-state index contributed by atoms with van der Waals surface area (Å²) in [5, 5.41) is 19.9. The number of aromatic nitrogens is 2. The number of nitrogens with zero attached hydrogens (tertiary/aromatic N) is 3. The number of benzene rings is 1. The number of hydrogen-bond acceptors (Lipinski definition) is 5.